The van der Waals surface area contributed by atoms with Crippen molar-refractivity contribution in [2.45, 2.75) is 39.4 Å². The van der Waals surface area contributed by atoms with Crippen molar-refractivity contribution in [2.75, 3.05) is 0 Å². The normalized spacial score (nSPS) is 12.5. The second kappa shape index (κ2) is 5.14. The van der Waals surface area contributed by atoms with Crippen molar-refractivity contribution in [3.05, 3.63) is 0 Å². The molecule has 0 unspecified atom stereocenters. The zero-order chi connectivity index (χ0) is 11.4. The molecular formula is C9H16N2O2S. The Morgan fingerprint density at radius 3 is 2.07 bits per heavy atom. The Morgan fingerprint density at radius 2 is 1.71 bits per heavy atom. The van der Waals surface area contributed by atoms with Crippen LogP contribution in [0.4, 0.5) is 4.79 Å². The van der Waals surface area contributed by atoms with Crippen LogP contribution in [0, 0.1) is 0 Å². The van der Waals surface area contributed by atoms with Crippen LogP contribution >= 0.6 is 11.8 Å². The molecule has 0 aromatic carbocycles. The largest absolute Gasteiger partial charge is 0.315 e. The number of carbonyl (C=O) groups excluding carboxylic acids is 2. The minimum absolute atomic E-state index is 0.156. The summed E-state index contributed by atoms with van der Waals surface area (Å²) < 4.78 is -0.156. The van der Waals surface area contributed by atoms with Gasteiger partial charge in [-0.3, -0.25) is 9.59 Å². The summed E-state index contributed by atoms with van der Waals surface area (Å²) in [4.78, 5) is 25.6. The van der Waals surface area contributed by atoms with Gasteiger partial charge in [-0.1, -0.05) is 32.5 Å². The summed E-state index contributed by atoms with van der Waals surface area (Å²) in [7, 11) is 0. The highest BCUT2D eigenvalue weighted by atomic mass is 32.2. The number of hydrogen-bond acceptors (Lipinski definition) is 3. The number of aliphatic imine (C=N–C) groups is 1. The van der Waals surface area contributed by atoms with Gasteiger partial charge in [0, 0.05) is 11.7 Å². The number of nitrogens with zero attached hydrogens (tertiary/aromatic N) is 1. The molecule has 5 heteroatoms. The second-order valence-corrected chi connectivity index (χ2v) is 5.64. The van der Waals surface area contributed by atoms with E-state index in [9.17, 15) is 9.59 Å². The molecule has 14 heavy (non-hydrogen) atoms. The van der Waals surface area contributed by atoms with Crippen molar-refractivity contribution in [1.29, 1.82) is 0 Å². The maximum Gasteiger partial charge on any atom is 0.307 e. The quantitative estimate of drug-likeness (QED) is 0.499. The number of carbonyl (C=O) groups is 2. The van der Waals surface area contributed by atoms with E-state index in [4.69, 9.17) is 0 Å². The van der Waals surface area contributed by atoms with E-state index in [0.717, 1.165) is 11.8 Å². The van der Waals surface area contributed by atoms with Crippen molar-refractivity contribution in [2.24, 2.45) is 4.99 Å². The fourth-order valence-corrected chi connectivity index (χ4v) is 1.41. The molecule has 0 spiro atoms. The topological polar surface area (TPSA) is 58.5 Å². The lowest BCUT2D eigenvalue weighted by atomic mass is 10.3. The zero-order valence-electron chi connectivity index (χ0n) is 9.17. The summed E-state index contributed by atoms with van der Waals surface area (Å²) in [5.41, 5.74) is 0. The molecule has 0 heterocycles. The molecule has 0 bridgehead atoms. The lowest BCUT2D eigenvalue weighted by molar-refractivity contribution is -0.117. The van der Waals surface area contributed by atoms with E-state index < -0.39 is 0 Å². The Balaban J connectivity index is 4.23. The molecule has 0 aromatic rings. The summed E-state index contributed by atoms with van der Waals surface area (Å²) >= 11 is 1.13. The number of hydrogen-bond donors (Lipinski definition) is 1. The first-order valence-electron chi connectivity index (χ1n) is 4.26. The summed E-state index contributed by atoms with van der Waals surface area (Å²) in [6, 6.07) is 0. The van der Waals surface area contributed by atoms with Crippen LogP contribution < -0.4 is 5.32 Å². The van der Waals surface area contributed by atoms with Gasteiger partial charge < -0.3 is 5.32 Å². The van der Waals surface area contributed by atoms with Crippen molar-refractivity contribution < 1.29 is 9.59 Å². The molecule has 4 nitrogen and oxygen atoms in total. The van der Waals surface area contributed by atoms with Crippen LogP contribution in [0.25, 0.3) is 0 Å². The Kier molecular flexibility index (Phi) is 4.83. The summed E-state index contributed by atoms with van der Waals surface area (Å²) in [5.74, 6) is 0.110. The Morgan fingerprint density at radius 1 is 1.21 bits per heavy atom. The summed E-state index contributed by atoms with van der Waals surface area (Å²) in [6.45, 7) is 8.75. The SMILES string of the molecule is CC(=O)N/C(C)=N\C(=O)SC(C)(C)C. The van der Waals surface area contributed by atoms with Crippen molar-refractivity contribution in [3.8, 4) is 0 Å². The van der Waals surface area contributed by atoms with Gasteiger partial charge in [0.2, 0.25) is 5.91 Å². The van der Waals surface area contributed by atoms with E-state index in [1.54, 1.807) is 6.92 Å². The number of nitrogens with one attached hydrogen (secondary N) is 1. The van der Waals surface area contributed by atoms with Gasteiger partial charge >= 0.3 is 5.24 Å². The molecule has 0 aromatic heterocycles. The molecule has 0 atom stereocenters. The molecule has 0 saturated heterocycles. The predicted octanol–water partition coefficient (Wildman–Crippen LogP) is 2.19. The van der Waals surface area contributed by atoms with E-state index in [-0.39, 0.29) is 15.9 Å². The van der Waals surface area contributed by atoms with E-state index in [1.807, 2.05) is 20.8 Å². The standard InChI is InChI=1S/C9H16N2O2S/c1-6(10-7(2)12)11-8(13)14-9(3,4)5/h1-5H3,(H,10,11,12,13). The minimum atomic E-state index is -0.288. The van der Waals surface area contributed by atoms with Crippen LogP contribution in [0.1, 0.15) is 34.6 Å². The van der Waals surface area contributed by atoms with E-state index in [1.165, 1.54) is 6.92 Å². The van der Waals surface area contributed by atoms with Crippen LogP contribution in [-0.2, 0) is 4.79 Å². The van der Waals surface area contributed by atoms with Gasteiger partial charge in [0.05, 0.1) is 0 Å². The van der Waals surface area contributed by atoms with Crippen LogP contribution in [-0.4, -0.2) is 21.7 Å². The average molecular weight is 216 g/mol. The molecule has 0 saturated carbocycles. The highest BCUT2D eigenvalue weighted by molar-refractivity contribution is 8.14. The lowest BCUT2D eigenvalue weighted by Gasteiger charge is -2.13. The molecule has 0 fully saturated rings. The van der Waals surface area contributed by atoms with Gasteiger partial charge in [0.15, 0.2) is 0 Å². The van der Waals surface area contributed by atoms with Gasteiger partial charge in [-0.2, -0.15) is 4.99 Å². The molecule has 2 amide bonds. The van der Waals surface area contributed by atoms with Gasteiger partial charge in [-0.15, -0.1) is 0 Å². The molecule has 0 radical (unpaired) electrons. The van der Waals surface area contributed by atoms with E-state index in [2.05, 4.69) is 10.3 Å². The van der Waals surface area contributed by atoms with Gasteiger partial charge in [-0.25, -0.2) is 0 Å². The maximum absolute atomic E-state index is 11.3. The number of amidine groups is 1. The van der Waals surface area contributed by atoms with E-state index >= 15 is 0 Å². The molecular weight excluding hydrogens is 200 g/mol. The van der Waals surface area contributed by atoms with Gasteiger partial charge in [0.1, 0.15) is 5.84 Å². The van der Waals surface area contributed by atoms with Crippen LogP contribution in [0.15, 0.2) is 4.99 Å². The third-order valence-electron chi connectivity index (χ3n) is 1.01. The fraction of sp³-hybridized carbons (Fsp3) is 0.667. The molecule has 0 rings (SSSR count). The molecule has 0 aliphatic rings. The smallest absolute Gasteiger partial charge is 0.307 e. The molecule has 0 aliphatic heterocycles. The third kappa shape index (κ3) is 7.79. The number of amides is 2. The Bertz CT molecular complexity index is 266. The van der Waals surface area contributed by atoms with Gasteiger partial charge in [0.25, 0.3) is 0 Å². The first-order chi connectivity index (χ1) is 6.20. The molecule has 1 N–H and O–H groups in total. The van der Waals surface area contributed by atoms with E-state index in [0.29, 0.717) is 5.84 Å². The fourth-order valence-electron chi connectivity index (χ4n) is 0.704. The summed E-state index contributed by atoms with van der Waals surface area (Å²) in [6.07, 6.45) is 0. The van der Waals surface area contributed by atoms with Gasteiger partial charge in [-0.05, 0) is 6.92 Å². The first kappa shape index (κ1) is 13.2. The zero-order valence-corrected chi connectivity index (χ0v) is 9.99. The third-order valence-corrected chi connectivity index (χ3v) is 1.89. The second-order valence-electron chi connectivity index (χ2n) is 3.86. The molecule has 0 aliphatic carbocycles. The summed E-state index contributed by atoms with van der Waals surface area (Å²) in [5, 5.41) is 2.15. The van der Waals surface area contributed by atoms with Crippen molar-refractivity contribution in [1.82, 2.24) is 5.32 Å². The van der Waals surface area contributed by atoms with Crippen molar-refractivity contribution in [3.63, 3.8) is 0 Å². The first-order valence-corrected chi connectivity index (χ1v) is 5.08. The van der Waals surface area contributed by atoms with Crippen LogP contribution in [0.2, 0.25) is 0 Å². The lowest BCUT2D eigenvalue weighted by Crippen LogP contribution is -2.26. The maximum atomic E-state index is 11.3. The predicted molar refractivity (Wildman–Crippen MR) is 59.7 cm³/mol. The van der Waals surface area contributed by atoms with Crippen LogP contribution in [0.5, 0.6) is 0 Å². The van der Waals surface area contributed by atoms with Crippen molar-refractivity contribution >= 4 is 28.7 Å². The van der Waals surface area contributed by atoms with Crippen LogP contribution in [0.3, 0.4) is 0 Å². The Labute approximate surface area is 88.6 Å². The molecule has 80 valence electrons. The highest BCUT2D eigenvalue weighted by Gasteiger charge is 2.16. The highest BCUT2D eigenvalue weighted by Crippen LogP contribution is 2.24. The number of thioether (sulfide) groups is 1. The average Bonchev–Trinajstić information content (AvgIpc) is 1.77. The Hall–Kier alpha value is -0.840. The monoisotopic (exact) mass is 216 g/mol. The number of rotatable bonds is 0. The minimum Gasteiger partial charge on any atom is -0.315 e.